The zero-order valence-corrected chi connectivity index (χ0v) is 14.1. The summed E-state index contributed by atoms with van der Waals surface area (Å²) in [4.78, 5) is 2.28. The maximum Gasteiger partial charge on any atom is 0.151 e. The van der Waals surface area contributed by atoms with Gasteiger partial charge in [0, 0.05) is 5.69 Å². The standard InChI is InChI=1S/C22H21NO/c1-3-7-17-11-13-20-22(15-17)24-21-14-16(2)10-12-19(21)23(20)18-8-5-4-6-9-18/h4-6,8-15H,3,7H2,1-2H3. The lowest BCUT2D eigenvalue weighted by Gasteiger charge is -2.33. The Bertz CT molecular complexity index is 870. The summed E-state index contributed by atoms with van der Waals surface area (Å²) in [7, 11) is 0. The van der Waals surface area contributed by atoms with Crippen LogP contribution in [0.5, 0.6) is 11.5 Å². The normalized spacial score (nSPS) is 12.3. The molecular weight excluding hydrogens is 294 g/mol. The van der Waals surface area contributed by atoms with Gasteiger partial charge in [0.1, 0.15) is 0 Å². The molecule has 0 unspecified atom stereocenters. The van der Waals surface area contributed by atoms with Crippen molar-refractivity contribution in [2.45, 2.75) is 26.7 Å². The number of rotatable bonds is 3. The maximum atomic E-state index is 6.26. The Morgan fingerprint density at radius 3 is 2.29 bits per heavy atom. The van der Waals surface area contributed by atoms with Gasteiger partial charge in [-0.15, -0.1) is 0 Å². The molecule has 0 aromatic heterocycles. The van der Waals surface area contributed by atoms with Crippen molar-refractivity contribution in [2.75, 3.05) is 4.90 Å². The van der Waals surface area contributed by atoms with Crippen LogP contribution in [0.3, 0.4) is 0 Å². The predicted molar refractivity (Wildman–Crippen MR) is 99.9 cm³/mol. The minimum atomic E-state index is 0.917. The molecule has 24 heavy (non-hydrogen) atoms. The number of para-hydroxylation sites is 1. The highest BCUT2D eigenvalue weighted by molar-refractivity contribution is 5.86. The van der Waals surface area contributed by atoms with Gasteiger partial charge in [-0.2, -0.15) is 0 Å². The summed E-state index contributed by atoms with van der Waals surface area (Å²) in [6.07, 6.45) is 2.21. The number of hydrogen-bond acceptors (Lipinski definition) is 2. The van der Waals surface area contributed by atoms with Crippen LogP contribution in [0.4, 0.5) is 17.1 Å². The van der Waals surface area contributed by atoms with Gasteiger partial charge in [-0.1, -0.05) is 43.7 Å². The van der Waals surface area contributed by atoms with Gasteiger partial charge in [-0.25, -0.2) is 0 Å². The minimum Gasteiger partial charge on any atom is -0.453 e. The monoisotopic (exact) mass is 315 g/mol. The van der Waals surface area contributed by atoms with Crippen LogP contribution in [0.15, 0.2) is 66.7 Å². The fraction of sp³-hybridized carbons (Fsp3) is 0.182. The van der Waals surface area contributed by atoms with Crippen molar-refractivity contribution >= 4 is 17.1 Å². The van der Waals surface area contributed by atoms with Crippen LogP contribution < -0.4 is 9.64 Å². The third-order valence-electron chi connectivity index (χ3n) is 4.39. The molecule has 0 saturated carbocycles. The molecule has 0 spiro atoms. The summed E-state index contributed by atoms with van der Waals surface area (Å²) < 4.78 is 6.26. The first-order valence-corrected chi connectivity index (χ1v) is 8.53. The average Bonchev–Trinajstić information content (AvgIpc) is 2.60. The quantitative estimate of drug-likeness (QED) is 0.426. The molecule has 2 nitrogen and oxygen atoms in total. The summed E-state index contributed by atoms with van der Waals surface area (Å²) in [6, 6.07) is 23.4. The summed E-state index contributed by atoms with van der Waals surface area (Å²) >= 11 is 0. The van der Waals surface area contributed by atoms with Crippen molar-refractivity contribution in [2.24, 2.45) is 0 Å². The molecule has 3 aromatic carbocycles. The first-order valence-electron chi connectivity index (χ1n) is 8.53. The third kappa shape index (κ3) is 2.54. The number of nitrogens with zero attached hydrogens (tertiary/aromatic N) is 1. The molecule has 0 saturated heterocycles. The van der Waals surface area contributed by atoms with Crippen molar-refractivity contribution in [3.8, 4) is 11.5 Å². The zero-order valence-electron chi connectivity index (χ0n) is 14.1. The molecule has 120 valence electrons. The predicted octanol–water partition coefficient (Wildman–Crippen LogP) is 6.52. The lowest BCUT2D eigenvalue weighted by atomic mass is 10.1. The van der Waals surface area contributed by atoms with Gasteiger partial charge in [-0.3, -0.25) is 0 Å². The van der Waals surface area contributed by atoms with Crippen LogP contribution in [0.25, 0.3) is 0 Å². The van der Waals surface area contributed by atoms with Gasteiger partial charge in [0.05, 0.1) is 11.4 Å². The number of fused-ring (bicyclic) bond motifs is 2. The zero-order chi connectivity index (χ0) is 16.5. The summed E-state index contributed by atoms with van der Waals surface area (Å²) in [5, 5.41) is 0. The van der Waals surface area contributed by atoms with Gasteiger partial charge in [0.2, 0.25) is 0 Å². The number of aryl methyl sites for hydroxylation is 2. The fourth-order valence-corrected chi connectivity index (χ4v) is 3.26. The SMILES string of the molecule is CCCc1ccc2c(c1)Oc1cc(C)ccc1N2c1ccccc1. The second-order valence-corrected chi connectivity index (χ2v) is 6.30. The second kappa shape index (κ2) is 6.04. The molecule has 0 N–H and O–H groups in total. The van der Waals surface area contributed by atoms with Crippen LogP contribution in [0, 0.1) is 6.92 Å². The molecular formula is C22H21NO. The first-order chi connectivity index (χ1) is 11.8. The highest BCUT2D eigenvalue weighted by Gasteiger charge is 2.25. The third-order valence-corrected chi connectivity index (χ3v) is 4.39. The van der Waals surface area contributed by atoms with E-state index >= 15 is 0 Å². The number of anilines is 3. The molecule has 3 aromatic rings. The van der Waals surface area contributed by atoms with Crippen LogP contribution in [-0.2, 0) is 6.42 Å². The lowest BCUT2D eigenvalue weighted by molar-refractivity contribution is 0.476. The molecule has 0 radical (unpaired) electrons. The van der Waals surface area contributed by atoms with E-state index in [1.165, 1.54) is 11.1 Å². The van der Waals surface area contributed by atoms with E-state index in [4.69, 9.17) is 4.74 Å². The summed E-state index contributed by atoms with van der Waals surface area (Å²) in [6.45, 7) is 4.30. The number of ether oxygens (including phenoxy) is 1. The second-order valence-electron chi connectivity index (χ2n) is 6.30. The van der Waals surface area contributed by atoms with Gasteiger partial charge in [0.15, 0.2) is 11.5 Å². The van der Waals surface area contributed by atoms with Gasteiger partial charge in [0.25, 0.3) is 0 Å². The molecule has 0 aliphatic carbocycles. The molecule has 1 heterocycles. The van der Waals surface area contributed by atoms with Gasteiger partial charge in [-0.05, 0) is 60.9 Å². The van der Waals surface area contributed by atoms with Gasteiger partial charge < -0.3 is 9.64 Å². The molecule has 0 bridgehead atoms. The van der Waals surface area contributed by atoms with Crippen LogP contribution in [0.1, 0.15) is 24.5 Å². The average molecular weight is 315 g/mol. The highest BCUT2D eigenvalue weighted by atomic mass is 16.5. The van der Waals surface area contributed by atoms with E-state index in [1.54, 1.807) is 0 Å². The van der Waals surface area contributed by atoms with E-state index in [0.29, 0.717) is 0 Å². The fourth-order valence-electron chi connectivity index (χ4n) is 3.26. The first kappa shape index (κ1) is 14.8. The Balaban J connectivity index is 1.90. The Kier molecular flexibility index (Phi) is 3.73. The van der Waals surface area contributed by atoms with Crippen LogP contribution in [0.2, 0.25) is 0 Å². The minimum absolute atomic E-state index is 0.917. The van der Waals surface area contributed by atoms with Gasteiger partial charge >= 0.3 is 0 Å². The Morgan fingerprint density at radius 1 is 0.833 bits per heavy atom. The summed E-state index contributed by atoms with van der Waals surface area (Å²) in [5.41, 5.74) is 5.85. The summed E-state index contributed by atoms with van der Waals surface area (Å²) in [5.74, 6) is 1.85. The van der Waals surface area contributed by atoms with Crippen LogP contribution >= 0.6 is 0 Å². The number of benzene rings is 3. The van der Waals surface area contributed by atoms with E-state index in [9.17, 15) is 0 Å². The van der Waals surface area contributed by atoms with E-state index < -0.39 is 0 Å². The van der Waals surface area contributed by atoms with Crippen molar-refractivity contribution in [1.82, 2.24) is 0 Å². The molecule has 1 aliphatic rings. The van der Waals surface area contributed by atoms with Crippen molar-refractivity contribution in [1.29, 1.82) is 0 Å². The van der Waals surface area contributed by atoms with Crippen molar-refractivity contribution < 1.29 is 4.74 Å². The molecule has 0 atom stereocenters. The van der Waals surface area contributed by atoms with E-state index in [1.807, 2.05) is 6.07 Å². The van der Waals surface area contributed by atoms with E-state index in [0.717, 1.165) is 41.4 Å². The molecule has 4 rings (SSSR count). The number of hydrogen-bond donors (Lipinski definition) is 0. The maximum absolute atomic E-state index is 6.26. The molecule has 1 aliphatic heterocycles. The highest BCUT2D eigenvalue weighted by Crippen LogP contribution is 2.50. The Hall–Kier alpha value is -2.74. The largest absolute Gasteiger partial charge is 0.453 e. The lowest BCUT2D eigenvalue weighted by Crippen LogP contribution is -2.16. The van der Waals surface area contributed by atoms with Crippen LogP contribution in [-0.4, -0.2) is 0 Å². The van der Waals surface area contributed by atoms with E-state index in [2.05, 4.69) is 79.4 Å². The molecule has 0 amide bonds. The van der Waals surface area contributed by atoms with Crippen molar-refractivity contribution in [3.63, 3.8) is 0 Å². The topological polar surface area (TPSA) is 12.5 Å². The Morgan fingerprint density at radius 2 is 1.54 bits per heavy atom. The van der Waals surface area contributed by atoms with Crippen molar-refractivity contribution in [3.05, 3.63) is 77.9 Å². The molecule has 2 heteroatoms. The molecule has 0 fully saturated rings. The Labute approximate surface area is 143 Å². The smallest absolute Gasteiger partial charge is 0.151 e. The van der Waals surface area contributed by atoms with E-state index in [-0.39, 0.29) is 0 Å².